The van der Waals surface area contributed by atoms with Crippen molar-refractivity contribution in [3.8, 4) is 11.5 Å². The van der Waals surface area contributed by atoms with E-state index in [4.69, 9.17) is 14.6 Å². The number of esters is 1. The fourth-order valence-electron chi connectivity index (χ4n) is 5.96. The number of ether oxygens (including phenoxy) is 2. The van der Waals surface area contributed by atoms with Gasteiger partial charge in [0.25, 0.3) is 0 Å². The van der Waals surface area contributed by atoms with Crippen molar-refractivity contribution in [3.63, 3.8) is 0 Å². The van der Waals surface area contributed by atoms with Crippen molar-refractivity contribution in [1.29, 1.82) is 0 Å². The third-order valence-electron chi connectivity index (χ3n) is 8.83. The van der Waals surface area contributed by atoms with Gasteiger partial charge in [0.1, 0.15) is 17.1 Å². The van der Waals surface area contributed by atoms with E-state index in [0.717, 1.165) is 65.0 Å². The molecule has 1 aromatic carbocycles. The number of hydrogen-bond donors (Lipinski definition) is 1. The summed E-state index contributed by atoms with van der Waals surface area (Å²) >= 11 is 0. The number of benzene rings is 1. The van der Waals surface area contributed by atoms with Crippen LogP contribution < -0.4 is 9.47 Å². The number of aliphatic carboxylic acids is 1. The molecule has 0 bridgehead atoms. The predicted molar refractivity (Wildman–Crippen MR) is 160 cm³/mol. The van der Waals surface area contributed by atoms with Crippen molar-refractivity contribution in [1.82, 2.24) is 0 Å². The molecule has 0 fully saturated rings. The van der Waals surface area contributed by atoms with Crippen molar-refractivity contribution in [2.24, 2.45) is 17.8 Å². The molecule has 1 N–H and O–H groups in total. The second-order valence-electron chi connectivity index (χ2n) is 13.1. The minimum atomic E-state index is -0.896. The summed E-state index contributed by atoms with van der Waals surface area (Å²) in [6.45, 7) is 17.7. The second kappa shape index (κ2) is 15.7. The zero-order valence-corrected chi connectivity index (χ0v) is 26.2. The lowest BCUT2D eigenvalue weighted by atomic mass is 9.83. The summed E-state index contributed by atoms with van der Waals surface area (Å²) in [4.78, 5) is 23.1. The predicted octanol–water partition coefficient (Wildman–Crippen LogP) is 9.29. The molecule has 0 saturated heterocycles. The summed E-state index contributed by atoms with van der Waals surface area (Å²) in [5, 5.41) is 8.82. The molecule has 1 aliphatic rings. The Balaban J connectivity index is 1.86. The van der Waals surface area contributed by atoms with Crippen LogP contribution in [0.2, 0.25) is 0 Å². The number of carboxylic acids is 1. The molecule has 1 aromatic rings. The SMILES string of the molecule is Cc1c(C)c2c(c(C)c1OC(=O)CCCC(=O)O)CCC(C)(CCCC(C)CCCC(C)CCCC(C)C)O2. The Labute approximate surface area is 238 Å². The monoisotopic (exact) mass is 544 g/mol. The first-order chi connectivity index (χ1) is 18.3. The smallest absolute Gasteiger partial charge is 0.311 e. The van der Waals surface area contributed by atoms with Gasteiger partial charge in [-0.1, -0.05) is 72.6 Å². The molecule has 3 atom stereocenters. The van der Waals surface area contributed by atoms with Crippen molar-refractivity contribution in [2.75, 3.05) is 0 Å². The Hall–Kier alpha value is -2.04. The van der Waals surface area contributed by atoms with Crippen molar-refractivity contribution >= 4 is 11.9 Å². The van der Waals surface area contributed by atoms with E-state index < -0.39 is 5.97 Å². The van der Waals surface area contributed by atoms with Crippen LogP contribution in [0.15, 0.2) is 0 Å². The van der Waals surface area contributed by atoms with Crippen LogP contribution >= 0.6 is 0 Å². The molecule has 1 heterocycles. The molecule has 3 unspecified atom stereocenters. The van der Waals surface area contributed by atoms with Gasteiger partial charge in [-0.15, -0.1) is 0 Å². The maximum atomic E-state index is 12.4. The second-order valence-corrected chi connectivity index (χ2v) is 13.1. The third kappa shape index (κ3) is 10.8. The van der Waals surface area contributed by atoms with Gasteiger partial charge >= 0.3 is 11.9 Å². The minimum Gasteiger partial charge on any atom is -0.487 e. The standard InChI is InChI=1S/C34H56O5/c1-23(2)13-9-14-24(3)15-10-16-25(4)17-12-21-34(8)22-20-29-28(7)32(26(5)27(6)33(29)39-34)38-31(37)19-11-18-30(35)36/h23-25H,9-22H2,1-8H3,(H,35,36). The van der Waals surface area contributed by atoms with Gasteiger partial charge in [0.05, 0.1) is 0 Å². The summed E-state index contributed by atoms with van der Waals surface area (Å²) in [7, 11) is 0. The topological polar surface area (TPSA) is 72.8 Å². The Bertz CT molecular complexity index is 950. The van der Waals surface area contributed by atoms with Crippen LogP contribution in [-0.2, 0) is 16.0 Å². The van der Waals surface area contributed by atoms with E-state index in [1.54, 1.807) is 0 Å². The molecule has 39 heavy (non-hydrogen) atoms. The maximum absolute atomic E-state index is 12.4. The first-order valence-electron chi connectivity index (χ1n) is 15.6. The van der Waals surface area contributed by atoms with E-state index in [-0.39, 0.29) is 30.8 Å². The molecule has 0 aromatic heterocycles. The van der Waals surface area contributed by atoms with Gasteiger partial charge < -0.3 is 14.6 Å². The van der Waals surface area contributed by atoms with E-state index >= 15 is 0 Å². The Morgan fingerprint density at radius 1 is 0.846 bits per heavy atom. The first-order valence-corrected chi connectivity index (χ1v) is 15.6. The van der Waals surface area contributed by atoms with Gasteiger partial charge in [0, 0.05) is 18.4 Å². The zero-order chi connectivity index (χ0) is 29.2. The van der Waals surface area contributed by atoms with Crippen LogP contribution in [0.4, 0.5) is 0 Å². The maximum Gasteiger partial charge on any atom is 0.311 e. The van der Waals surface area contributed by atoms with Crippen LogP contribution in [0.1, 0.15) is 140 Å². The van der Waals surface area contributed by atoms with E-state index in [9.17, 15) is 9.59 Å². The number of rotatable bonds is 17. The molecule has 5 nitrogen and oxygen atoms in total. The largest absolute Gasteiger partial charge is 0.487 e. The lowest BCUT2D eigenvalue weighted by Gasteiger charge is -2.38. The van der Waals surface area contributed by atoms with E-state index in [0.29, 0.717) is 5.75 Å². The van der Waals surface area contributed by atoms with Gasteiger partial charge in [-0.2, -0.15) is 0 Å². The molecule has 222 valence electrons. The third-order valence-corrected chi connectivity index (χ3v) is 8.83. The molecule has 2 rings (SSSR count). The summed E-state index contributed by atoms with van der Waals surface area (Å²) in [6, 6.07) is 0. The quantitative estimate of drug-likeness (QED) is 0.156. The normalized spacial score (nSPS) is 18.4. The van der Waals surface area contributed by atoms with Gasteiger partial charge in [-0.05, 0) is 94.2 Å². The molecule has 5 heteroatoms. The lowest BCUT2D eigenvalue weighted by molar-refractivity contribution is -0.137. The molecular weight excluding hydrogens is 488 g/mol. The fraction of sp³-hybridized carbons (Fsp3) is 0.765. The highest BCUT2D eigenvalue weighted by Gasteiger charge is 2.34. The number of fused-ring (bicyclic) bond motifs is 1. The summed E-state index contributed by atoms with van der Waals surface area (Å²) in [5.74, 6) is 2.73. The lowest BCUT2D eigenvalue weighted by Crippen LogP contribution is -2.37. The minimum absolute atomic E-state index is 0.0285. The molecule has 0 amide bonds. The first kappa shape index (κ1) is 33.2. The van der Waals surface area contributed by atoms with E-state index in [1.807, 2.05) is 20.8 Å². The average Bonchev–Trinajstić information content (AvgIpc) is 2.84. The highest BCUT2D eigenvalue weighted by atomic mass is 16.5. The highest BCUT2D eigenvalue weighted by molar-refractivity contribution is 5.75. The molecular formula is C34H56O5. The number of carbonyl (C=O) groups is 2. The average molecular weight is 545 g/mol. The van der Waals surface area contributed by atoms with E-state index in [1.165, 1.54) is 51.4 Å². The highest BCUT2D eigenvalue weighted by Crippen LogP contribution is 2.45. The Kier molecular flexibility index (Phi) is 13.3. The van der Waals surface area contributed by atoms with Gasteiger partial charge in [0.15, 0.2) is 0 Å². The molecule has 1 aliphatic heterocycles. The summed E-state index contributed by atoms with van der Waals surface area (Å²) < 4.78 is 12.4. The van der Waals surface area contributed by atoms with E-state index in [2.05, 4.69) is 34.6 Å². The number of carbonyl (C=O) groups excluding carboxylic acids is 1. The van der Waals surface area contributed by atoms with Crippen LogP contribution in [0.3, 0.4) is 0 Å². The Morgan fingerprint density at radius 3 is 2.03 bits per heavy atom. The van der Waals surface area contributed by atoms with Gasteiger partial charge in [-0.3, -0.25) is 9.59 Å². The molecule has 0 aliphatic carbocycles. The van der Waals surface area contributed by atoms with Gasteiger partial charge in [-0.25, -0.2) is 0 Å². The molecule has 0 saturated carbocycles. The Morgan fingerprint density at radius 2 is 1.44 bits per heavy atom. The van der Waals surface area contributed by atoms with Crippen molar-refractivity contribution in [2.45, 2.75) is 151 Å². The molecule has 0 spiro atoms. The van der Waals surface area contributed by atoms with Crippen molar-refractivity contribution < 1.29 is 24.2 Å². The number of hydrogen-bond acceptors (Lipinski definition) is 4. The van der Waals surface area contributed by atoms with Crippen LogP contribution in [0.25, 0.3) is 0 Å². The van der Waals surface area contributed by atoms with Crippen molar-refractivity contribution in [3.05, 3.63) is 22.3 Å². The number of carboxylic acid groups (broad SMARTS) is 1. The fourth-order valence-corrected chi connectivity index (χ4v) is 5.96. The van der Waals surface area contributed by atoms with Crippen LogP contribution in [0.5, 0.6) is 11.5 Å². The summed E-state index contributed by atoms with van der Waals surface area (Å²) in [5.41, 5.74) is 3.89. The zero-order valence-electron chi connectivity index (χ0n) is 26.2. The summed E-state index contributed by atoms with van der Waals surface area (Å²) in [6.07, 6.45) is 13.8. The van der Waals surface area contributed by atoms with Gasteiger partial charge in [0.2, 0.25) is 0 Å². The molecule has 0 radical (unpaired) electrons. The van der Waals surface area contributed by atoms with Crippen LogP contribution in [0, 0.1) is 38.5 Å². The van der Waals surface area contributed by atoms with Crippen LogP contribution in [-0.4, -0.2) is 22.6 Å².